The van der Waals surface area contributed by atoms with Crippen LogP contribution in [0.3, 0.4) is 0 Å². The first-order valence-corrected chi connectivity index (χ1v) is 13.3. The highest BCUT2D eigenvalue weighted by Crippen LogP contribution is 2.53. The van der Waals surface area contributed by atoms with Gasteiger partial charge in [-0.25, -0.2) is 4.79 Å². The van der Waals surface area contributed by atoms with E-state index in [1.807, 2.05) is 37.3 Å². The van der Waals surface area contributed by atoms with Crippen LogP contribution in [-0.4, -0.2) is 45.0 Å². The van der Waals surface area contributed by atoms with Crippen LogP contribution in [0.2, 0.25) is 0 Å². The van der Waals surface area contributed by atoms with Crippen LogP contribution in [0, 0.1) is 0 Å². The van der Waals surface area contributed by atoms with Gasteiger partial charge < -0.3 is 23.7 Å². The minimum absolute atomic E-state index is 0.220. The maximum absolute atomic E-state index is 12.1. The number of nitrogens with zero attached hydrogens (tertiary/aromatic N) is 1. The smallest absolute Gasteiger partial charge is 0.338 e. The lowest BCUT2D eigenvalue weighted by atomic mass is 9.74. The molecule has 0 aliphatic carbocycles. The number of ether oxygens (including phenoxy) is 5. The Morgan fingerprint density at radius 2 is 1.79 bits per heavy atom. The van der Waals surface area contributed by atoms with E-state index in [0.29, 0.717) is 12.2 Å². The van der Waals surface area contributed by atoms with Gasteiger partial charge >= 0.3 is 5.97 Å². The van der Waals surface area contributed by atoms with E-state index in [1.54, 1.807) is 14.2 Å². The molecule has 3 aromatic rings. The Morgan fingerprint density at radius 3 is 2.53 bits per heavy atom. The molecule has 0 saturated carbocycles. The number of carbonyl (C=O) groups excluding carboxylic acids is 1. The third-order valence-corrected chi connectivity index (χ3v) is 8.05. The van der Waals surface area contributed by atoms with E-state index in [2.05, 4.69) is 23.1 Å². The van der Waals surface area contributed by atoms with Crippen LogP contribution >= 0.6 is 0 Å². The van der Waals surface area contributed by atoms with E-state index in [-0.39, 0.29) is 24.7 Å². The van der Waals surface area contributed by atoms with Crippen LogP contribution in [0.5, 0.6) is 23.0 Å². The summed E-state index contributed by atoms with van der Waals surface area (Å²) in [5.41, 5.74) is 6.94. The highest BCUT2D eigenvalue weighted by atomic mass is 16.7. The van der Waals surface area contributed by atoms with Crippen LogP contribution in [0.1, 0.15) is 63.5 Å². The quantitative estimate of drug-likeness (QED) is 0.388. The van der Waals surface area contributed by atoms with Crippen molar-refractivity contribution >= 4 is 5.97 Å². The molecule has 38 heavy (non-hydrogen) atoms. The Bertz CT molecular complexity index is 1350. The van der Waals surface area contributed by atoms with Crippen molar-refractivity contribution in [2.45, 2.75) is 44.7 Å². The summed E-state index contributed by atoms with van der Waals surface area (Å²) in [6.07, 6.45) is 2.79. The van der Waals surface area contributed by atoms with Crippen molar-refractivity contribution in [1.82, 2.24) is 4.90 Å². The van der Waals surface area contributed by atoms with Gasteiger partial charge in [0.1, 0.15) is 0 Å². The summed E-state index contributed by atoms with van der Waals surface area (Å²) in [6.45, 7) is 4.23. The highest BCUT2D eigenvalue weighted by Gasteiger charge is 2.41. The molecule has 0 bridgehead atoms. The van der Waals surface area contributed by atoms with Gasteiger partial charge in [0.05, 0.1) is 26.4 Å². The van der Waals surface area contributed by atoms with Gasteiger partial charge in [0.2, 0.25) is 6.79 Å². The van der Waals surface area contributed by atoms with Crippen molar-refractivity contribution in [3.8, 4) is 23.0 Å². The van der Waals surface area contributed by atoms with Gasteiger partial charge in [-0.2, -0.15) is 0 Å². The van der Waals surface area contributed by atoms with Gasteiger partial charge in [0.25, 0.3) is 0 Å². The Balaban J connectivity index is 1.37. The van der Waals surface area contributed by atoms with Crippen molar-refractivity contribution in [1.29, 1.82) is 0 Å². The van der Waals surface area contributed by atoms with E-state index in [4.69, 9.17) is 23.7 Å². The van der Waals surface area contributed by atoms with Gasteiger partial charge in [-0.1, -0.05) is 18.2 Å². The van der Waals surface area contributed by atoms with Crippen LogP contribution in [0.25, 0.3) is 0 Å². The fraction of sp³-hybridized carbons (Fsp3) is 0.387. The summed E-state index contributed by atoms with van der Waals surface area (Å²) in [7, 11) is 3.41. The molecule has 3 aliphatic rings. The number of hydrogen-bond donors (Lipinski definition) is 0. The molecule has 0 fully saturated rings. The van der Waals surface area contributed by atoms with Crippen molar-refractivity contribution in [2.75, 3.05) is 34.2 Å². The molecule has 7 nitrogen and oxygen atoms in total. The summed E-state index contributed by atoms with van der Waals surface area (Å²) in [6, 6.07) is 16.6. The number of aryl methyl sites for hydroxylation is 1. The molecule has 3 heterocycles. The molecule has 0 saturated heterocycles. The Labute approximate surface area is 223 Å². The topological polar surface area (TPSA) is 66.5 Å². The molecule has 2 unspecified atom stereocenters. The Morgan fingerprint density at radius 1 is 1.00 bits per heavy atom. The third-order valence-electron chi connectivity index (χ3n) is 8.05. The van der Waals surface area contributed by atoms with E-state index >= 15 is 0 Å². The molecule has 6 rings (SSSR count). The molecule has 0 spiro atoms. The number of benzene rings is 3. The molecule has 3 aliphatic heterocycles. The lowest BCUT2D eigenvalue weighted by Gasteiger charge is -2.46. The van der Waals surface area contributed by atoms with Crippen LogP contribution in [-0.2, 0) is 24.1 Å². The SMILES string of the molecule is CCOC(=O)c1ccc(CCC2c3ccc(OC)c(OC)c3CN3CCc4cc5c(cc4C23)OCO5)cc1. The van der Waals surface area contributed by atoms with Crippen LogP contribution in [0.15, 0.2) is 48.5 Å². The number of rotatable bonds is 7. The molecule has 3 aromatic carbocycles. The second-order valence-electron chi connectivity index (χ2n) is 10.0. The molecule has 0 radical (unpaired) electrons. The van der Waals surface area contributed by atoms with Crippen LogP contribution < -0.4 is 18.9 Å². The first-order chi connectivity index (χ1) is 18.6. The molecule has 198 valence electrons. The van der Waals surface area contributed by atoms with Gasteiger partial charge in [0.15, 0.2) is 23.0 Å². The zero-order chi connectivity index (χ0) is 26.2. The van der Waals surface area contributed by atoms with Gasteiger partial charge in [0, 0.05) is 30.6 Å². The van der Waals surface area contributed by atoms with Gasteiger partial charge in [-0.3, -0.25) is 4.90 Å². The molecule has 7 heteroatoms. The predicted octanol–water partition coefficient (Wildman–Crippen LogP) is 5.44. The summed E-state index contributed by atoms with van der Waals surface area (Å²) in [5, 5.41) is 0. The minimum atomic E-state index is -0.283. The number of methoxy groups -OCH3 is 2. The van der Waals surface area contributed by atoms with E-state index in [9.17, 15) is 4.79 Å². The molecule has 0 N–H and O–H groups in total. The fourth-order valence-electron chi connectivity index (χ4n) is 6.29. The molecule has 2 atom stereocenters. The van der Waals surface area contributed by atoms with Crippen molar-refractivity contribution in [2.24, 2.45) is 0 Å². The fourth-order valence-corrected chi connectivity index (χ4v) is 6.29. The van der Waals surface area contributed by atoms with Gasteiger partial charge in [-0.15, -0.1) is 0 Å². The van der Waals surface area contributed by atoms with Gasteiger partial charge in [-0.05, 0) is 78.8 Å². The van der Waals surface area contributed by atoms with E-state index < -0.39 is 0 Å². The van der Waals surface area contributed by atoms with E-state index in [1.165, 1.54) is 27.8 Å². The Hall–Kier alpha value is -3.71. The zero-order valence-corrected chi connectivity index (χ0v) is 22.1. The average molecular weight is 516 g/mol. The second-order valence-corrected chi connectivity index (χ2v) is 10.0. The average Bonchev–Trinajstić information content (AvgIpc) is 3.41. The lowest BCUT2D eigenvalue weighted by molar-refractivity contribution is 0.0526. The highest BCUT2D eigenvalue weighted by molar-refractivity contribution is 5.89. The first-order valence-electron chi connectivity index (χ1n) is 13.3. The predicted molar refractivity (Wildman–Crippen MR) is 142 cm³/mol. The molecular formula is C31H33NO6. The van der Waals surface area contributed by atoms with Crippen LogP contribution in [0.4, 0.5) is 0 Å². The largest absolute Gasteiger partial charge is 0.493 e. The molecule has 0 aromatic heterocycles. The maximum atomic E-state index is 12.1. The number of fused-ring (bicyclic) bond motifs is 5. The molecule has 0 amide bonds. The lowest BCUT2D eigenvalue weighted by Crippen LogP contribution is -2.42. The maximum Gasteiger partial charge on any atom is 0.338 e. The zero-order valence-electron chi connectivity index (χ0n) is 22.1. The number of esters is 1. The molecular weight excluding hydrogens is 482 g/mol. The van der Waals surface area contributed by atoms with Crippen molar-refractivity contribution in [3.63, 3.8) is 0 Å². The second kappa shape index (κ2) is 10.2. The number of carbonyl (C=O) groups is 1. The summed E-state index contributed by atoms with van der Waals surface area (Å²) in [5.74, 6) is 3.22. The van der Waals surface area contributed by atoms with Crippen molar-refractivity contribution in [3.05, 3.63) is 81.9 Å². The summed E-state index contributed by atoms with van der Waals surface area (Å²) >= 11 is 0. The first kappa shape index (κ1) is 24.6. The monoisotopic (exact) mass is 515 g/mol. The standard InChI is InChI=1S/C31H33NO6/c1-4-36-31(33)20-8-5-19(6-9-20)7-10-23-22-11-12-26(34-2)30(35-3)25(22)17-32-14-13-21-15-27-28(38-18-37-27)16-24(21)29(23)32/h5-6,8-9,11-12,15-16,23,29H,4,7,10,13-14,17-18H2,1-3H3. The number of hydrogen-bond acceptors (Lipinski definition) is 7. The van der Waals surface area contributed by atoms with E-state index in [0.717, 1.165) is 55.4 Å². The third kappa shape index (κ3) is 4.25. The Kier molecular flexibility index (Phi) is 6.62. The normalized spacial score (nSPS) is 19.2. The van der Waals surface area contributed by atoms with Crippen molar-refractivity contribution < 1.29 is 28.5 Å². The summed E-state index contributed by atoms with van der Waals surface area (Å²) < 4.78 is 28.1. The minimum Gasteiger partial charge on any atom is -0.493 e. The summed E-state index contributed by atoms with van der Waals surface area (Å²) in [4.78, 5) is 14.7.